The van der Waals surface area contributed by atoms with Crippen LogP contribution in [0.1, 0.15) is 0 Å². The molecule has 0 unspecified atom stereocenters. The molecular weight excluding hydrogens is 825 g/mol. The minimum atomic E-state index is 0.890. The molecule has 0 aliphatic heterocycles. The predicted octanol–water partition coefficient (Wildman–Crippen LogP) is 19.0. The molecule has 2 heterocycles. The molecule has 13 aromatic carbocycles. The molecule has 0 fully saturated rings. The fraction of sp³-hybridized carbons (Fsp3) is 0. The first-order valence-electron chi connectivity index (χ1n) is 23.6. The van der Waals surface area contributed by atoms with E-state index in [9.17, 15) is 0 Å². The third-order valence-corrected chi connectivity index (χ3v) is 15.7. The normalized spacial score (nSPS) is 12.7. The smallest absolute Gasteiger partial charge is 0.143 e. The first-order chi connectivity index (χ1) is 33.7. The van der Waals surface area contributed by atoms with Crippen LogP contribution in [0.5, 0.6) is 0 Å². The summed E-state index contributed by atoms with van der Waals surface area (Å²) in [5, 5.41) is 19.4. The van der Waals surface area contributed by atoms with Gasteiger partial charge in [-0.15, -0.1) is 0 Å². The Morgan fingerprint density at radius 1 is 0.206 bits per heavy atom. The van der Waals surface area contributed by atoms with E-state index in [0.29, 0.717) is 0 Å². The van der Waals surface area contributed by atoms with Crippen LogP contribution in [0.3, 0.4) is 0 Å². The molecule has 310 valence electrons. The summed E-state index contributed by atoms with van der Waals surface area (Å²) in [6.07, 6.45) is 0. The lowest BCUT2D eigenvalue weighted by Crippen LogP contribution is -1.96. The minimum absolute atomic E-state index is 0.890. The van der Waals surface area contributed by atoms with Gasteiger partial charge >= 0.3 is 0 Å². The zero-order chi connectivity index (χ0) is 43.9. The van der Waals surface area contributed by atoms with Gasteiger partial charge in [0, 0.05) is 43.8 Å². The van der Waals surface area contributed by atoms with Crippen molar-refractivity contribution in [2.24, 2.45) is 0 Å². The van der Waals surface area contributed by atoms with E-state index in [4.69, 9.17) is 8.83 Å². The van der Waals surface area contributed by atoms with Crippen LogP contribution in [-0.2, 0) is 0 Å². The van der Waals surface area contributed by atoms with Crippen molar-refractivity contribution < 1.29 is 8.83 Å². The van der Waals surface area contributed by atoms with Crippen LogP contribution in [0.4, 0.5) is 0 Å². The quantitative estimate of drug-likeness (QED) is 0.162. The number of benzene rings is 13. The largest absolute Gasteiger partial charge is 0.455 e. The van der Waals surface area contributed by atoms with E-state index >= 15 is 0 Å². The van der Waals surface area contributed by atoms with Gasteiger partial charge in [-0.1, -0.05) is 176 Å². The topological polar surface area (TPSA) is 26.3 Å². The summed E-state index contributed by atoms with van der Waals surface area (Å²) < 4.78 is 14.0. The molecule has 2 aliphatic carbocycles. The highest BCUT2D eigenvalue weighted by Gasteiger charge is 2.34. The Hall–Kier alpha value is -8.98. The second-order valence-electron chi connectivity index (χ2n) is 18.9. The Bertz CT molecular complexity index is 4840. The molecule has 2 heteroatoms. The summed E-state index contributed by atoms with van der Waals surface area (Å²) in [5.41, 5.74) is 18.3. The van der Waals surface area contributed by atoms with E-state index < -0.39 is 0 Å². The van der Waals surface area contributed by atoms with Crippen LogP contribution < -0.4 is 0 Å². The Balaban J connectivity index is 1.11. The monoisotopic (exact) mass is 858 g/mol. The molecular formula is C66H34O2. The molecule has 0 bridgehead atoms. The SMILES string of the molecule is c1cc2c3c(cccc3c1)-c1cc3c(ccc4c3ccc3c(-c5cccc6c5oc5ccccc56)c5c(c(-c6cccc7c6oc6ccccc67)c34)-c3cccc4c3c-5cc3ccccc34)cc1-2. The number of hydrogen-bond donors (Lipinski definition) is 0. The van der Waals surface area contributed by atoms with Crippen LogP contribution >= 0.6 is 0 Å². The second kappa shape index (κ2) is 12.5. The summed E-state index contributed by atoms with van der Waals surface area (Å²) in [7, 11) is 0. The van der Waals surface area contributed by atoms with Gasteiger partial charge < -0.3 is 8.83 Å². The van der Waals surface area contributed by atoms with E-state index in [1.54, 1.807) is 0 Å². The molecule has 17 rings (SSSR count). The summed E-state index contributed by atoms with van der Waals surface area (Å²) in [6.45, 7) is 0. The lowest BCUT2D eigenvalue weighted by Gasteiger charge is -2.22. The molecule has 0 saturated carbocycles. The summed E-state index contributed by atoms with van der Waals surface area (Å²) >= 11 is 0. The zero-order valence-corrected chi connectivity index (χ0v) is 36.4. The van der Waals surface area contributed by atoms with Crippen LogP contribution in [0.15, 0.2) is 215 Å². The van der Waals surface area contributed by atoms with E-state index in [-0.39, 0.29) is 0 Å². The van der Waals surface area contributed by atoms with Crippen LogP contribution in [-0.4, -0.2) is 0 Å². The highest BCUT2D eigenvalue weighted by Crippen LogP contribution is 2.61. The van der Waals surface area contributed by atoms with E-state index in [2.05, 4.69) is 206 Å². The van der Waals surface area contributed by atoms with E-state index in [1.807, 2.05) is 0 Å². The van der Waals surface area contributed by atoms with Crippen LogP contribution in [0, 0.1) is 0 Å². The van der Waals surface area contributed by atoms with Crippen molar-refractivity contribution in [3.63, 3.8) is 0 Å². The molecule has 0 spiro atoms. The molecule has 2 aliphatic rings. The van der Waals surface area contributed by atoms with Crippen molar-refractivity contribution in [2.45, 2.75) is 0 Å². The Labute approximate surface area is 388 Å². The van der Waals surface area contributed by atoms with Gasteiger partial charge in [0.2, 0.25) is 0 Å². The summed E-state index contributed by atoms with van der Waals surface area (Å²) in [4.78, 5) is 0. The van der Waals surface area contributed by atoms with Gasteiger partial charge in [-0.05, 0) is 139 Å². The first-order valence-corrected chi connectivity index (χ1v) is 23.6. The molecule has 15 aromatic rings. The lowest BCUT2D eigenvalue weighted by atomic mass is 9.80. The van der Waals surface area contributed by atoms with E-state index in [0.717, 1.165) is 55.0 Å². The van der Waals surface area contributed by atoms with Crippen molar-refractivity contribution >= 4 is 109 Å². The molecule has 68 heavy (non-hydrogen) atoms. The Kier molecular flexibility index (Phi) is 6.47. The third kappa shape index (κ3) is 4.30. The molecule has 0 radical (unpaired) electrons. The standard InChI is InChI=1S/C66H34O2/c1-2-15-38-36(12-1)33-55-59-42(38)20-9-23-48(59)62-63(51-25-11-22-47-41-17-4-6-27-57(41)68-66(47)51)60-45-29-28-37-32-53-43-18-7-13-35-14-8-19-44(58(35)43)54(53)34-52(37)39(45)30-31-49(60)61(64(55)62)50-24-10-21-46-40-16-3-5-26-56(40)67-65(46)50/h1-34H. The molecule has 0 N–H and O–H groups in total. The molecule has 2 nitrogen and oxygen atoms in total. The van der Waals surface area contributed by atoms with Gasteiger partial charge in [0.15, 0.2) is 0 Å². The van der Waals surface area contributed by atoms with Crippen molar-refractivity contribution in [2.75, 3.05) is 0 Å². The minimum Gasteiger partial charge on any atom is -0.455 e. The zero-order valence-electron chi connectivity index (χ0n) is 36.4. The van der Waals surface area contributed by atoms with Crippen molar-refractivity contribution in [3.05, 3.63) is 206 Å². The summed E-state index contributed by atoms with van der Waals surface area (Å²) in [6, 6.07) is 76.5. The van der Waals surface area contributed by atoms with Crippen LogP contribution in [0.2, 0.25) is 0 Å². The average molecular weight is 859 g/mol. The average Bonchev–Trinajstić information content (AvgIpc) is 4.15. The first kappa shape index (κ1) is 35.3. The number of fused-ring (bicyclic) bond motifs is 19. The van der Waals surface area contributed by atoms with Gasteiger partial charge in [0.1, 0.15) is 22.3 Å². The van der Waals surface area contributed by atoms with Crippen molar-refractivity contribution in [1.29, 1.82) is 0 Å². The maximum atomic E-state index is 7.04. The predicted molar refractivity (Wildman–Crippen MR) is 286 cm³/mol. The Morgan fingerprint density at radius 2 is 0.691 bits per heavy atom. The molecule has 0 saturated heterocycles. The maximum absolute atomic E-state index is 7.04. The highest BCUT2D eigenvalue weighted by molar-refractivity contribution is 6.36. The van der Waals surface area contributed by atoms with Crippen LogP contribution in [0.25, 0.3) is 175 Å². The maximum Gasteiger partial charge on any atom is 0.143 e. The molecule has 0 amide bonds. The number of furan rings is 2. The molecule has 0 atom stereocenters. The van der Waals surface area contributed by atoms with Crippen molar-refractivity contribution in [3.8, 4) is 66.8 Å². The number of hydrogen-bond acceptors (Lipinski definition) is 2. The third-order valence-electron chi connectivity index (χ3n) is 15.7. The number of para-hydroxylation sites is 4. The lowest BCUT2D eigenvalue weighted by molar-refractivity contribution is 0.669. The van der Waals surface area contributed by atoms with Gasteiger partial charge in [-0.25, -0.2) is 0 Å². The molecule has 2 aromatic heterocycles. The highest BCUT2D eigenvalue weighted by atomic mass is 16.3. The van der Waals surface area contributed by atoms with E-state index in [1.165, 1.54) is 120 Å². The van der Waals surface area contributed by atoms with Gasteiger partial charge in [-0.2, -0.15) is 0 Å². The summed E-state index contributed by atoms with van der Waals surface area (Å²) in [5.74, 6) is 0. The van der Waals surface area contributed by atoms with Gasteiger partial charge in [0.05, 0.1) is 0 Å². The fourth-order valence-electron chi connectivity index (χ4n) is 13.0. The fourth-order valence-corrected chi connectivity index (χ4v) is 13.0. The number of rotatable bonds is 2. The van der Waals surface area contributed by atoms with Gasteiger partial charge in [-0.3, -0.25) is 0 Å². The van der Waals surface area contributed by atoms with Gasteiger partial charge in [0.25, 0.3) is 0 Å². The Morgan fingerprint density at radius 3 is 1.43 bits per heavy atom. The second-order valence-corrected chi connectivity index (χ2v) is 18.9. The van der Waals surface area contributed by atoms with Crippen molar-refractivity contribution in [1.82, 2.24) is 0 Å².